The predicted octanol–water partition coefficient (Wildman–Crippen LogP) is 0.0315. The molecule has 0 fully saturated rings. The van der Waals surface area contributed by atoms with Crippen molar-refractivity contribution < 1.29 is 14.7 Å². The fourth-order valence-corrected chi connectivity index (χ4v) is 0.970. The molecule has 5 nitrogen and oxygen atoms in total. The molecule has 1 aromatic rings. The molecule has 0 aliphatic rings. The van der Waals surface area contributed by atoms with Crippen LogP contribution in [0.2, 0.25) is 0 Å². The molecular formula is C7H13BN2O3. The Balaban J connectivity index is 2.44. The first kappa shape index (κ1) is 10.1. The molecule has 0 saturated carbocycles. The van der Waals surface area contributed by atoms with Crippen molar-refractivity contribution in [3.63, 3.8) is 0 Å². The van der Waals surface area contributed by atoms with Gasteiger partial charge < -0.3 is 14.7 Å². The van der Waals surface area contributed by atoms with Crippen molar-refractivity contribution in [1.29, 1.82) is 0 Å². The van der Waals surface area contributed by atoms with Gasteiger partial charge in [0.15, 0.2) is 0 Å². The third-order valence-corrected chi connectivity index (χ3v) is 1.59. The SMILES string of the molecule is CCCCn1cc(OB(O)O)cn1. The molecule has 0 atom stereocenters. The summed E-state index contributed by atoms with van der Waals surface area (Å²) in [5.74, 6) is 0.367. The predicted molar refractivity (Wildman–Crippen MR) is 48.0 cm³/mol. The largest absolute Gasteiger partial charge is 0.707 e. The van der Waals surface area contributed by atoms with Crippen molar-refractivity contribution in [2.75, 3.05) is 0 Å². The van der Waals surface area contributed by atoms with E-state index in [1.807, 2.05) is 0 Å². The van der Waals surface area contributed by atoms with Crippen LogP contribution in [-0.2, 0) is 6.54 Å². The lowest BCUT2D eigenvalue weighted by atomic mass is 10.2. The van der Waals surface area contributed by atoms with Crippen LogP contribution in [0.5, 0.6) is 5.75 Å². The summed E-state index contributed by atoms with van der Waals surface area (Å²) in [6.07, 6.45) is 5.23. The zero-order chi connectivity index (χ0) is 9.68. The fraction of sp³-hybridized carbons (Fsp3) is 0.571. The lowest BCUT2D eigenvalue weighted by Gasteiger charge is -1.99. The second kappa shape index (κ2) is 4.88. The molecule has 13 heavy (non-hydrogen) atoms. The standard InChI is InChI=1S/C7H13BN2O3/c1-2-3-4-10-6-7(5-9-10)13-8(11)12/h5-6,11-12H,2-4H2,1H3. The van der Waals surface area contributed by atoms with Gasteiger partial charge in [-0.25, -0.2) is 0 Å². The summed E-state index contributed by atoms with van der Waals surface area (Å²) in [4.78, 5) is 0. The summed E-state index contributed by atoms with van der Waals surface area (Å²) >= 11 is 0. The Labute approximate surface area is 77.1 Å². The van der Waals surface area contributed by atoms with Gasteiger partial charge in [-0.3, -0.25) is 4.68 Å². The van der Waals surface area contributed by atoms with Crippen LogP contribution in [-0.4, -0.2) is 27.1 Å². The average molecular weight is 184 g/mol. The minimum Gasteiger partial charge on any atom is -0.509 e. The molecule has 6 heteroatoms. The van der Waals surface area contributed by atoms with Crippen molar-refractivity contribution in [1.82, 2.24) is 9.78 Å². The average Bonchev–Trinajstić information content (AvgIpc) is 2.48. The third kappa shape index (κ3) is 3.48. The van der Waals surface area contributed by atoms with Crippen molar-refractivity contribution >= 4 is 7.32 Å². The summed E-state index contributed by atoms with van der Waals surface area (Å²) < 4.78 is 6.31. The molecule has 0 spiro atoms. The Morgan fingerprint density at radius 1 is 1.62 bits per heavy atom. The monoisotopic (exact) mass is 184 g/mol. The minimum atomic E-state index is -1.77. The van der Waals surface area contributed by atoms with Crippen LogP contribution in [0, 0.1) is 0 Å². The number of rotatable bonds is 5. The van der Waals surface area contributed by atoms with Gasteiger partial charge >= 0.3 is 7.32 Å². The van der Waals surface area contributed by atoms with Gasteiger partial charge in [-0.1, -0.05) is 13.3 Å². The lowest BCUT2D eigenvalue weighted by Crippen LogP contribution is -2.20. The zero-order valence-electron chi connectivity index (χ0n) is 7.55. The second-order valence-corrected chi connectivity index (χ2v) is 2.74. The van der Waals surface area contributed by atoms with Crippen molar-refractivity contribution in [2.24, 2.45) is 0 Å². The highest BCUT2D eigenvalue weighted by atomic mass is 16.6. The maximum absolute atomic E-state index is 8.49. The van der Waals surface area contributed by atoms with E-state index in [1.54, 1.807) is 10.9 Å². The fourth-order valence-electron chi connectivity index (χ4n) is 0.970. The molecule has 1 rings (SSSR count). The Bertz CT molecular complexity index is 252. The van der Waals surface area contributed by atoms with Gasteiger partial charge in [0.2, 0.25) is 0 Å². The molecule has 2 N–H and O–H groups in total. The first-order chi connectivity index (χ1) is 6.22. The highest BCUT2D eigenvalue weighted by Crippen LogP contribution is 2.08. The maximum Gasteiger partial charge on any atom is 0.707 e. The Kier molecular flexibility index (Phi) is 3.79. The van der Waals surface area contributed by atoms with E-state index >= 15 is 0 Å². The first-order valence-corrected chi connectivity index (χ1v) is 4.27. The molecule has 1 aromatic heterocycles. The van der Waals surface area contributed by atoms with Crippen LogP contribution >= 0.6 is 0 Å². The van der Waals surface area contributed by atoms with Crippen LogP contribution in [0.4, 0.5) is 0 Å². The Morgan fingerprint density at radius 2 is 2.38 bits per heavy atom. The number of hydrogen-bond acceptors (Lipinski definition) is 4. The minimum absolute atomic E-state index is 0.367. The number of nitrogens with zero attached hydrogens (tertiary/aromatic N) is 2. The molecular weight excluding hydrogens is 171 g/mol. The molecule has 0 saturated heterocycles. The smallest absolute Gasteiger partial charge is 0.509 e. The first-order valence-electron chi connectivity index (χ1n) is 4.27. The molecule has 0 bridgehead atoms. The van der Waals surface area contributed by atoms with Crippen LogP contribution in [0.3, 0.4) is 0 Å². The van der Waals surface area contributed by atoms with Gasteiger partial charge in [-0.05, 0) is 6.42 Å². The van der Waals surface area contributed by atoms with E-state index < -0.39 is 7.32 Å². The molecule has 0 radical (unpaired) electrons. The second-order valence-electron chi connectivity index (χ2n) is 2.74. The molecule has 1 heterocycles. The van der Waals surface area contributed by atoms with Crippen molar-refractivity contribution in [3.8, 4) is 5.75 Å². The molecule has 0 unspecified atom stereocenters. The molecule has 0 aliphatic carbocycles. The van der Waals surface area contributed by atoms with Gasteiger partial charge in [0.1, 0.15) is 5.75 Å². The van der Waals surface area contributed by atoms with Crippen LogP contribution in [0.25, 0.3) is 0 Å². The highest BCUT2D eigenvalue weighted by molar-refractivity contribution is 6.33. The van der Waals surface area contributed by atoms with Crippen LogP contribution in [0.1, 0.15) is 19.8 Å². The highest BCUT2D eigenvalue weighted by Gasteiger charge is 2.12. The molecule has 0 aromatic carbocycles. The van der Waals surface area contributed by atoms with Crippen LogP contribution < -0.4 is 4.65 Å². The summed E-state index contributed by atoms with van der Waals surface area (Å²) in [7, 11) is -1.77. The van der Waals surface area contributed by atoms with Gasteiger partial charge in [0.25, 0.3) is 0 Å². The summed E-state index contributed by atoms with van der Waals surface area (Å²) in [6.45, 7) is 2.92. The summed E-state index contributed by atoms with van der Waals surface area (Å²) in [5.41, 5.74) is 0. The Morgan fingerprint density at radius 3 is 3.00 bits per heavy atom. The third-order valence-electron chi connectivity index (χ3n) is 1.59. The number of unbranched alkanes of at least 4 members (excludes halogenated alkanes) is 1. The number of hydrogen-bond donors (Lipinski definition) is 2. The molecule has 72 valence electrons. The Hall–Kier alpha value is -1.01. The number of aryl methyl sites for hydroxylation is 1. The quantitative estimate of drug-likeness (QED) is 0.633. The zero-order valence-corrected chi connectivity index (χ0v) is 7.55. The number of aromatic nitrogens is 2. The molecule has 0 amide bonds. The maximum atomic E-state index is 8.49. The van der Waals surface area contributed by atoms with E-state index in [-0.39, 0.29) is 0 Å². The summed E-state index contributed by atoms with van der Waals surface area (Å²) in [6, 6.07) is 0. The van der Waals surface area contributed by atoms with Gasteiger partial charge in [-0.2, -0.15) is 5.10 Å². The van der Waals surface area contributed by atoms with Gasteiger partial charge in [0.05, 0.1) is 12.4 Å². The van der Waals surface area contributed by atoms with Crippen LogP contribution in [0.15, 0.2) is 12.4 Å². The van der Waals surface area contributed by atoms with E-state index in [0.29, 0.717) is 5.75 Å². The topological polar surface area (TPSA) is 67.5 Å². The van der Waals surface area contributed by atoms with Gasteiger partial charge in [-0.15, -0.1) is 0 Å². The van der Waals surface area contributed by atoms with E-state index in [2.05, 4.69) is 16.7 Å². The van der Waals surface area contributed by atoms with E-state index in [9.17, 15) is 0 Å². The summed E-state index contributed by atoms with van der Waals surface area (Å²) in [5, 5.41) is 21.0. The van der Waals surface area contributed by atoms with Crippen molar-refractivity contribution in [3.05, 3.63) is 12.4 Å². The normalized spacial score (nSPS) is 10.1. The van der Waals surface area contributed by atoms with E-state index in [1.165, 1.54) is 6.20 Å². The molecule has 0 aliphatic heterocycles. The van der Waals surface area contributed by atoms with E-state index in [4.69, 9.17) is 10.0 Å². The van der Waals surface area contributed by atoms with E-state index in [0.717, 1.165) is 19.4 Å². The lowest BCUT2D eigenvalue weighted by molar-refractivity contribution is 0.288. The van der Waals surface area contributed by atoms with Crippen molar-refractivity contribution in [2.45, 2.75) is 26.3 Å². The van der Waals surface area contributed by atoms with Gasteiger partial charge in [0, 0.05) is 6.54 Å².